The summed E-state index contributed by atoms with van der Waals surface area (Å²) < 4.78 is 6.00. The van der Waals surface area contributed by atoms with Gasteiger partial charge in [0.15, 0.2) is 0 Å². The van der Waals surface area contributed by atoms with E-state index in [0.29, 0.717) is 30.0 Å². The van der Waals surface area contributed by atoms with E-state index in [1.54, 1.807) is 6.34 Å². The van der Waals surface area contributed by atoms with Crippen LogP contribution in [-0.2, 0) is 4.74 Å². The minimum Gasteiger partial charge on any atom is -0.378 e. The smallest absolute Gasteiger partial charge is 0.112 e. The Balaban J connectivity index is 1.46. The fraction of sp³-hybridized carbons (Fsp3) is 0.882. The first-order valence-electron chi connectivity index (χ1n) is 8.89. The molecule has 0 amide bonds. The lowest BCUT2D eigenvalue weighted by molar-refractivity contribution is -0.0602. The number of ether oxygens (including phenoxy) is 1. The Labute approximate surface area is 127 Å². The third-order valence-corrected chi connectivity index (χ3v) is 5.90. The number of aliphatic imine (C=N–C) groups is 2. The first-order valence-corrected chi connectivity index (χ1v) is 8.89. The van der Waals surface area contributed by atoms with E-state index in [1.165, 1.54) is 57.2 Å². The third kappa shape index (κ3) is 2.75. The van der Waals surface area contributed by atoms with Crippen molar-refractivity contribution in [1.29, 1.82) is 0 Å². The van der Waals surface area contributed by atoms with Gasteiger partial charge >= 0.3 is 0 Å². The van der Waals surface area contributed by atoms with Crippen molar-refractivity contribution in [1.82, 2.24) is 5.32 Å². The third-order valence-electron chi connectivity index (χ3n) is 5.90. The molecule has 116 valence electrons. The van der Waals surface area contributed by atoms with Crippen LogP contribution in [0.3, 0.4) is 0 Å². The number of hydrogen-bond acceptors (Lipinski definition) is 4. The van der Waals surface area contributed by atoms with E-state index in [1.807, 2.05) is 0 Å². The Hall–Kier alpha value is -0.900. The molecule has 0 aromatic heterocycles. The van der Waals surface area contributed by atoms with Gasteiger partial charge in [0.1, 0.15) is 12.2 Å². The first kappa shape index (κ1) is 13.7. The van der Waals surface area contributed by atoms with E-state index >= 15 is 0 Å². The summed E-state index contributed by atoms with van der Waals surface area (Å²) in [7, 11) is 0. The van der Waals surface area contributed by atoms with Gasteiger partial charge in [-0.2, -0.15) is 0 Å². The second-order valence-electron chi connectivity index (χ2n) is 7.13. The maximum Gasteiger partial charge on any atom is 0.112 e. The number of amidine groups is 1. The van der Waals surface area contributed by atoms with Gasteiger partial charge in [-0.1, -0.05) is 25.7 Å². The molecule has 4 nitrogen and oxygen atoms in total. The largest absolute Gasteiger partial charge is 0.378 e. The highest BCUT2D eigenvalue weighted by Gasteiger charge is 2.38. The highest BCUT2D eigenvalue weighted by Crippen LogP contribution is 2.35. The Morgan fingerprint density at radius 1 is 1.00 bits per heavy atom. The van der Waals surface area contributed by atoms with Crippen molar-refractivity contribution in [3.63, 3.8) is 0 Å². The number of nitrogens with zero attached hydrogens (tertiary/aromatic N) is 2. The maximum atomic E-state index is 6.00. The van der Waals surface area contributed by atoms with Crippen molar-refractivity contribution in [3.05, 3.63) is 0 Å². The second-order valence-corrected chi connectivity index (χ2v) is 7.13. The normalized spacial score (nSPS) is 42.7. The zero-order valence-corrected chi connectivity index (χ0v) is 12.8. The summed E-state index contributed by atoms with van der Waals surface area (Å²) in [6.07, 6.45) is 13.8. The zero-order valence-electron chi connectivity index (χ0n) is 12.8. The Kier molecular flexibility index (Phi) is 3.97. The topological polar surface area (TPSA) is 46.0 Å². The SMILES string of the molecule is C1=NC2CCCCC2C(NC2CCOC3CCCCC23)=N1. The fourth-order valence-electron chi connectivity index (χ4n) is 4.75. The second kappa shape index (κ2) is 6.07. The molecule has 4 aliphatic rings. The van der Waals surface area contributed by atoms with E-state index in [2.05, 4.69) is 15.3 Å². The van der Waals surface area contributed by atoms with Gasteiger partial charge in [0, 0.05) is 24.5 Å². The van der Waals surface area contributed by atoms with Crippen LogP contribution in [0.5, 0.6) is 0 Å². The number of nitrogens with one attached hydrogen (secondary N) is 1. The van der Waals surface area contributed by atoms with Crippen molar-refractivity contribution >= 4 is 12.2 Å². The molecule has 0 bridgehead atoms. The first-order chi connectivity index (χ1) is 10.4. The summed E-state index contributed by atoms with van der Waals surface area (Å²) in [4.78, 5) is 9.22. The summed E-state index contributed by atoms with van der Waals surface area (Å²) in [6.45, 7) is 0.911. The van der Waals surface area contributed by atoms with Gasteiger partial charge in [-0.25, -0.2) is 4.99 Å². The Bertz CT molecular complexity index is 432. The molecule has 1 saturated heterocycles. The molecule has 2 aliphatic carbocycles. The van der Waals surface area contributed by atoms with Crippen molar-refractivity contribution in [3.8, 4) is 0 Å². The highest BCUT2D eigenvalue weighted by atomic mass is 16.5. The van der Waals surface area contributed by atoms with Crippen LogP contribution in [-0.4, -0.2) is 37.0 Å². The van der Waals surface area contributed by atoms with Crippen molar-refractivity contribution in [2.75, 3.05) is 6.61 Å². The molecule has 2 saturated carbocycles. The number of rotatable bonds is 1. The quantitative estimate of drug-likeness (QED) is 0.806. The van der Waals surface area contributed by atoms with Crippen LogP contribution >= 0.6 is 0 Å². The standard InChI is InChI=1S/C17H27N3O/c1-3-7-14-13(6-1)17(19-11-18-14)20-15-9-10-21-16-8-4-2-5-12(15)16/h11-16H,1-10H2,(H,18,19,20). The van der Waals surface area contributed by atoms with Gasteiger partial charge in [-0.15, -0.1) is 0 Å². The molecule has 5 atom stereocenters. The average molecular weight is 289 g/mol. The molecule has 0 aromatic carbocycles. The summed E-state index contributed by atoms with van der Waals surface area (Å²) in [6, 6.07) is 1.05. The van der Waals surface area contributed by atoms with Gasteiger partial charge in [-0.05, 0) is 32.1 Å². The van der Waals surface area contributed by atoms with Gasteiger partial charge in [0.05, 0.1) is 12.1 Å². The zero-order chi connectivity index (χ0) is 14.1. The van der Waals surface area contributed by atoms with E-state index in [0.717, 1.165) is 13.0 Å². The molecule has 4 rings (SSSR count). The van der Waals surface area contributed by atoms with E-state index in [4.69, 9.17) is 4.74 Å². The minimum atomic E-state index is 0.487. The summed E-state index contributed by atoms with van der Waals surface area (Å²) in [5.41, 5.74) is 0. The summed E-state index contributed by atoms with van der Waals surface area (Å²) in [5.74, 6) is 2.47. The predicted molar refractivity (Wildman–Crippen MR) is 84.9 cm³/mol. The van der Waals surface area contributed by atoms with Gasteiger partial charge in [0.2, 0.25) is 0 Å². The molecular weight excluding hydrogens is 262 g/mol. The maximum absolute atomic E-state index is 6.00. The van der Waals surface area contributed by atoms with Crippen molar-refractivity contribution < 1.29 is 4.74 Å². The van der Waals surface area contributed by atoms with Crippen LogP contribution < -0.4 is 5.32 Å². The average Bonchev–Trinajstić information content (AvgIpc) is 2.56. The van der Waals surface area contributed by atoms with Gasteiger partial charge in [0.25, 0.3) is 0 Å². The molecule has 2 aliphatic heterocycles. The molecule has 3 fully saturated rings. The van der Waals surface area contributed by atoms with Crippen LogP contribution in [0, 0.1) is 11.8 Å². The van der Waals surface area contributed by atoms with E-state index in [9.17, 15) is 0 Å². The molecular formula is C17H27N3O. The van der Waals surface area contributed by atoms with Crippen LogP contribution in [0.4, 0.5) is 0 Å². The Morgan fingerprint density at radius 3 is 2.86 bits per heavy atom. The monoisotopic (exact) mass is 289 g/mol. The molecule has 5 unspecified atom stereocenters. The van der Waals surface area contributed by atoms with Crippen LogP contribution in [0.1, 0.15) is 57.8 Å². The molecule has 0 aromatic rings. The molecule has 0 radical (unpaired) electrons. The van der Waals surface area contributed by atoms with Crippen LogP contribution in [0.15, 0.2) is 9.98 Å². The van der Waals surface area contributed by atoms with Gasteiger partial charge in [-0.3, -0.25) is 4.99 Å². The van der Waals surface area contributed by atoms with Gasteiger partial charge < -0.3 is 10.1 Å². The molecule has 2 heterocycles. The van der Waals surface area contributed by atoms with E-state index in [-0.39, 0.29) is 0 Å². The number of fused-ring (bicyclic) bond motifs is 2. The van der Waals surface area contributed by atoms with Crippen molar-refractivity contribution in [2.45, 2.75) is 76.0 Å². The lowest BCUT2D eigenvalue weighted by atomic mass is 9.78. The van der Waals surface area contributed by atoms with Crippen molar-refractivity contribution in [2.24, 2.45) is 21.8 Å². The van der Waals surface area contributed by atoms with E-state index < -0.39 is 0 Å². The number of hydrogen-bond donors (Lipinski definition) is 1. The minimum absolute atomic E-state index is 0.487. The van der Waals surface area contributed by atoms with Crippen LogP contribution in [0.2, 0.25) is 0 Å². The lowest BCUT2D eigenvalue weighted by Gasteiger charge is -2.43. The molecule has 21 heavy (non-hydrogen) atoms. The highest BCUT2D eigenvalue weighted by molar-refractivity contribution is 5.93. The predicted octanol–water partition coefficient (Wildman–Crippen LogP) is 2.92. The summed E-state index contributed by atoms with van der Waals surface area (Å²) >= 11 is 0. The molecule has 0 spiro atoms. The fourth-order valence-corrected chi connectivity index (χ4v) is 4.75. The Morgan fingerprint density at radius 2 is 1.86 bits per heavy atom. The molecule has 1 N–H and O–H groups in total. The lowest BCUT2D eigenvalue weighted by Crippen LogP contribution is -2.53. The summed E-state index contributed by atoms with van der Waals surface area (Å²) in [5, 5.41) is 3.83. The molecule has 4 heteroatoms. The van der Waals surface area contributed by atoms with Crippen LogP contribution in [0.25, 0.3) is 0 Å².